The molecular weight excluding hydrogens is 773 g/mol. The molecule has 0 aromatic rings. The Labute approximate surface area is 387 Å². The van der Waals surface area contributed by atoms with E-state index >= 15 is 0 Å². The van der Waals surface area contributed by atoms with Crippen LogP contribution >= 0.6 is 0 Å². The Balaban J connectivity index is 2.31. The van der Waals surface area contributed by atoms with Crippen molar-refractivity contribution >= 4 is 11.6 Å². The molecule has 1 aliphatic carbocycles. The molecule has 0 amide bonds. The van der Waals surface area contributed by atoms with Crippen molar-refractivity contribution in [1.29, 1.82) is 0 Å². The molecule has 0 fully saturated rings. The van der Waals surface area contributed by atoms with Crippen LogP contribution in [0.4, 0.5) is 0 Å². The first-order chi connectivity index (χ1) is 30.0. The zero-order valence-corrected chi connectivity index (χ0v) is 42.8. The molecule has 0 spiro atoms. The van der Waals surface area contributed by atoms with Gasteiger partial charge in [0.05, 0.1) is 14.2 Å². The first-order valence-electron chi connectivity index (χ1n) is 24.1. The number of ketones is 2. The summed E-state index contributed by atoms with van der Waals surface area (Å²) in [6.07, 6.45) is 44.3. The Hall–Kier alpha value is -4.18. The van der Waals surface area contributed by atoms with Crippen LogP contribution in [0, 0.1) is 0 Å². The first kappa shape index (κ1) is 56.8. The maximum Gasteiger partial charge on any atom is 0.228 e. The Kier molecular flexibility index (Phi) is 30.1. The fraction of sp³-hybridized carbons (Fsp3) is 0.559. The Bertz CT molecular complexity index is 1840. The molecule has 0 unspecified atom stereocenters. The van der Waals surface area contributed by atoms with Gasteiger partial charge in [0.15, 0.2) is 0 Å². The summed E-state index contributed by atoms with van der Waals surface area (Å²) in [7, 11) is 2.78. The lowest BCUT2D eigenvalue weighted by Gasteiger charge is -2.19. The summed E-state index contributed by atoms with van der Waals surface area (Å²) < 4.78 is 10.3. The third-order valence-corrected chi connectivity index (χ3v) is 12.1. The van der Waals surface area contributed by atoms with Crippen LogP contribution in [-0.2, 0) is 19.1 Å². The van der Waals surface area contributed by atoms with Gasteiger partial charge in [-0.15, -0.1) is 0 Å². The Morgan fingerprint density at radius 1 is 0.349 bits per heavy atom. The predicted molar refractivity (Wildman–Crippen MR) is 275 cm³/mol. The molecule has 0 bridgehead atoms. The number of carbonyl (C=O) groups excluding carboxylic acids is 2. The molecule has 0 aliphatic heterocycles. The van der Waals surface area contributed by atoms with Crippen molar-refractivity contribution in [1.82, 2.24) is 0 Å². The van der Waals surface area contributed by atoms with Crippen molar-refractivity contribution in [2.24, 2.45) is 0 Å². The zero-order chi connectivity index (χ0) is 47.2. The van der Waals surface area contributed by atoms with E-state index < -0.39 is 0 Å². The number of methoxy groups -OCH3 is 2. The van der Waals surface area contributed by atoms with Crippen LogP contribution in [-0.4, -0.2) is 25.8 Å². The minimum atomic E-state index is -0.284. The summed E-state index contributed by atoms with van der Waals surface area (Å²) in [5.41, 5.74) is 15.5. The lowest BCUT2D eigenvalue weighted by Crippen LogP contribution is -2.24. The van der Waals surface area contributed by atoms with Crippen molar-refractivity contribution in [3.63, 3.8) is 0 Å². The van der Waals surface area contributed by atoms with E-state index in [0.29, 0.717) is 17.6 Å². The maximum absolute atomic E-state index is 12.9. The Morgan fingerprint density at radius 2 is 0.571 bits per heavy atom. The summed E-state index contributed by atoms with van der Waals surface area (Å²) in [4.78, 5) is 25.5. The molecule has 0 atom stereocenters. The van der Waals surface area contributed by atoms with Crippen molar-refractivity contribution in [3.8, 4) is 0 Å². The van der Waals surface area contributed by atoms with E-state index in [4.69, 9.17) is 9.47 Å². The van der Waals surface area contributed by atoms with Crippen LogP contribution in [0.3, 0.4) is 0 Å². The van der Waals surface area contributed by atoms with Gasteiger partial charge in [-0.1, -0.05) is 116 Å². The van der Waals surface area contributed by atoms with Crippen LogP contribution in [0.2, 0.25) is 0 Å². The van der Waals surface area contributed by atoms with Gasteiger partial charge < -0.3 is 9.47 Å². The fourth-order valence-corrected chi connectivity index (χ4v) is 7.59. The average Bonchev–Trinajstić information content (AvgIpc) is 3.21. The lowest BCUT2D eigenvalue weighted by atomic mass is 9.90. The van der Waals surface area contributed by atoms with E-state index in [1.54, 1.807) is 6.92 Å². The molecule has 0 saturated heterocycles. The highest BCUT2D eigenvalue weighted by Crippen LogP contribution is 2.28. The largest absolute Gasteiger partial charge is 0.489 e. The summed E-state index contributed by atoms with van der Waals surface area (Å²) in [5.74, 6) is -0.572. The molecule has 0 aromatic carbocycles. The smallest absolute Gasteiger partial charge is 0.228 e. The zero-order valence-electron chi connectivity index (χ0n) is 42.8. The van der Waals surface area contributed by atoms with Gasteiger partial charge >= 0.3 is 0 Å². The molecule has 1 aliphatic rings. The molecule has 63 heavy (non-hydrogen) atoms. The van der Waals surface area contributed by atoms with Crippen LogP contribution < -0.4 is 0 Å². The molecule has 4 heteroatoms. The number of allylic oxidation sites excluding steroid dienone is 22. The van der Waals surface area contributed by atoms with E-state index in [-0.39, 0.29) is 23.1 Å². The molecular formula is C59H90O4. The SMILES string of the molecule is COC1=C(OC)C(=O)C(C/C=C(\C)CC/C=C(\C)CC/C=C(\C)CC/C=C(/C)CC/C=C(\C)CC/C=C(\C)CC/C=C(\C)CC/C=C(\C)CC/C=C(\C)CCC=C(C)C)=C(C)C1=O. The summed E-state index contributed by atoms with van der Waals surface area (Å²) >= 11 is 0. The van der Waals surface area contributed by atoms with Gasteiger partial charge in [0, 0.05) is 11.1 Å². The summed E-state index contributed by atoms with van der Waals surface area (Å²) in [6.45, 7) is 26.3. The standard InChI is InChI=1S/C59H90O4/c1-44(2)24-15-25-45(3)26-16-27-46(4)28-17-29-47(5)30-18-31-48(6)32-19-33-49(7)34-20-35-50(8)36-21-37-51(9)38-22-39-52(10)40-23-41-53(11)42-43-55-54(12)56(60)58(62-13)59(63-14)57(55)61/h24,26,28,30,32,34,36,38,40,42H,15-23,25,27,29,31,33,35,37,39,41,43H2,1-14H3/b45-26+,46-28+,47-30+,48-32+,49-34+,50-36-,51-38+,52-40+,53-42+. The highest BCUT2D eigenvalue weighted by atomic mass is 16.5. The van der Waals surface area contributed by atoms with Crippen molar-refractivity contribution in [3.05, 3.63) is 139 Å². The number of hydrogen-bond acceptors (Lipinski definition) is 4. The molecule has 1 rings (SSSR count). The van der Waals surface area contributed by atoms with E-state index in [0.717, 1.165) is 96.3 Å². The van der Waals surface area contributed by atoms with E-state index in [1.165, 1.54) is 89.2 Å². The number of rotatable bonds is 31. The number of ether oxygens (including phenoxy) is 2. The molecule has 350 valence electrons. The maximum atomic E-state index is 12.9. The third kappa shape index (κ3) is 26.3. The molecule has 0 N–H and O–H groups in total. The van der Waals surface area contributed by atoms with E-state index in [1.807, 2.05) is 0 Å². The first-order valence-corrected chi connectivity index (χ1v) is 24.1. The highest BCUT2D eigenvalue weighted by Gasteiger charge is 2.34. The topological polar surface area (TPSA) is 52.6 Å². The van der Waals surface area contributed by atoms with Crippen LogP contribution in [0.5, 0.6) is 0 Å². The van der Waals surface area contributed by atoms with E-state index in [9.17, 15) is 9.59 Å². The van der Waals surface area contributed by atoms with Crippen molar-refractivity contribution in [2.45, 2.75) is 205 Å². The monoisotopic (exact) mass is 863 g/mol. The van der Waals surface area contributed by atoms with Gasteiger partial charge in [-0.3, -0.25) is 9.59 Å². The minimum Gasteiger partial charge on any atom is -0.489 e. The van der Waals surface area contributed by atoms with Gasteiger partial charge in [0.25, 0.3) is 0 Å². The minimum absolute atomic E-state index is 0.00667. The molecule has 0 heterocycles. The Morgan fingerprint density at radius 3 is 0.810 bits per heavy atom. The predicted octanol–water partition coefficient (Wildman–Crippen LogP) is 17.9. The van der Waals surface area contributed by atoms with E-state index in [2.05, 4.69) is 137 Å². The van der Waals surface area contributed by atoms with Gasteiger partial charge in [-0.2, -0.15) is 0 Å². The van der Waals surface area contributed by atoms with Crippen molar-refractivity contribution in [2.75, 3.05) is 14.2 Å². The second-order valence-electron chi connectivity index (χ2n) is 18.6. The van der Waals surface area contributed by atoms with Gasteiger partial charge in [0.1, 0.15) is 0 Å². The van der Waals surface area contributed by atoms with Gasteiger partial charge in [-0.25, -0.2) is 0 Å². The van der Waals surface area contributed by atoms with Crippen LogP contribution in [0.1, 0.15) is 205 Å². The second-order valence-corrected chi connectivity index (χ2v) is 18.6. The van der Waals surface area contributed by atoms with Crippen LogP contribution in [0.25, 0.3) is 0 Å². The summed E-state index contributed by atoms with van der Waals surface area (Å²) in [5, 5.41) is 0. The molecule has 0 radical (unpaired) electrons. The molecule has 0 saturated carbocycles. The quantitative estimate of drug-likeness (QED) is 0.0515. The lowest BCUT2D eigenvalue weighted by molar-refractivity contribution is -0.121. The number of hydrogen-bond donors (Lipinski definition) is 0. The normalized spacial score (nSPS) is 15.9. The molecule has 4 nitrogen and oxygen atoms in total. The fourth-order valence-electron chi connectivity index (χ4n) is 7.59. The highest BCUT2D eigenvalue weighted by molar-refractivity contribution is 6.23. The average molecular weight is 863 g/mol. The summed E-state index contributed by atoms with van der Waals surface area (Å²) in [6, 6.07) is 0. The van der Waals surface area contributed by atoms with Gasteiger partial charge in [-0.05, 0) is 205 Å². The van der Waals surface area contributed by atoms with Crippen molar-refractivity contribution < 1.29 is 19.1 Å². The second kappa shape index (κ2) is 33.3. The molecule has 0 aromatic heterocycles. The number of Topliss-reactive ketones (excluding diaryl/α,β-unsaturated/α-hetero) is 2. The number of carbonyl (C=O) groups is 2. The van der Waals surface area contributed by atoms with Crippen LogP contribution in [0.15, 0.2) is 139 Å². The third-order valence-electron chi connectivity index (χ3n) is 12.1. The van der Waals surface area contributed by atoms with Gasteiger partial charge in [0.2, 0.25) is 23.1 Å².